The third-order valence-electron chi connectivity index (χ3n) is 3.85. The van der Waals surface area contributed by atoms with E-state index in [0.717, 1.165) is 11.4 Å². The number of hydrazine groups is 1. The molecule has 1 unspecified atom stereocenters. The molecule has 4 aliphatic heterocycles. The van der Waals surface area contributed by atoms with E-state index in [1.807, 2.05) is 4.93 Å². The highest BCUT2D eigenvalue weighted by Gasteiger charge is 2.59. The predicted molar refractivity (Wildman–Crippen MR) is 69.2 cm³/mol. The standard InChI is InChI=1S/C9H16N3O2.CH3I/c1-10-12(13)7-9(14-10)6-11-4-2-8(9)3-5-11;1-2/h8H,2-7H2,1H3;1H3/q+1;. The lowest BCUT2D eigenvalue weighted by atomic mass is 9.75. The van der Waals surface area contributed by atoms with Crippen LogP contribution in [0.5, 0.6) is 0 Å². The Bertz CT molecular complexity index is 281. The number of halogens is 1. The van der Waals surface area contributed by atoms with E-state index in [2.05, 4.69) is 27.5 Å². The first-order valence-corrected chi connectivity index (χ1v) is 7.83. The van der Waals surface area contributed by atoms with Crippen molar-refractivity contribution < 1.29 is 9.71 Å². The molecule has 0 amide bonds. The Balaban J connectivity index is 0.000000457. The van der Waals surface area contributed by atoms with Gasteiger partial charge in [-0.2, -0.15) is 0 Å². The second kappa shape index (κ2) is 4.73. The van der Waals surface area contributed by atoms with Gasteiger partial charge in [-0.05, 0) is 36.0 Å². The second-order valence-corrected chi connectivity index (χ2v) is 4.68. The Morgan fingerprint density at radius 3 is 2.38 bits per heavy atom. The summed E-state index contributed by atoms with van der Waals surface area (Å²) in [5.74, 6) is 0.578. The van der Waals surface area contributed by atoms with Gasteiger partial charge in [0.05, 0.1) is 12.0 Å². The fraction of sp³-hybridized carbons (Fsp3) is 1.00. The SMILES string of the molecule is CI.CN1OC2(CN3CCC2CC3)C[N+]1=O. The molecule has 6 heteroatoms. The van der Waals surface area contributed by atoms with E-state index in [1.54, 1.807) is 7.05 Å². The summed E-state index contributed by atoms with van der Waals surface area (Å²) in [7, 11) is 1.69. The molecule has 4 heterocycles. The smallest absolute Gasteiger partial charge is 0.260 e. The van der Waals surface area contributed by atoms with Crippen LogP contribution in [0, 0.1) is 10.8 Å². The first kappa shape index (κ1) is 12.5. The van der Waals surface area contributed by atoms with Crippen LogP contribution < -0.4 is 0 Å². The average Bonchev–Trinajstić information content (AvgIpc) is 2.58. The molecular formula is C10H19IN3O2+. The largest absolute Gasteiger partial charge is 0.300 e. The number of rotatable bonds is 0. The van der Waals surface area contributed by atoms with Gasteiger partial charge >= 0.3 is 0 Å². The number of nitroso groups, excluding NO2 is 1. The molecule has 1 atom stereocenters. The number of hydrogen-bond acceptors (Lipinski definition) is 3. The summed E-state index contributed by atoms with van der Waals surface area (Å²) in [6.07, 6.45) is 2.36. The molecule has 4 rings (SSSR count). The number of piperidine rings is 3. The van der Waals surface area contributed by atoms with Crippen molar-refractivity contribution in [1.82, 2.24) is 10.1 Å². The number of nitrogens with zero attached hydrogens (tertiary/aromatic N) is 3. The van der Waals surface area contributed by atoms with Crippen LogP contribution in [0.1, 0.15) is 12.8 Å². The first-order chi connectivity index (χ1) is 7.70. The Hall–Kier alpha value is 0.0500. The first-order valence-electron chi connectivity index (χ1n) is 5.67. The average molecular weight is 340 g/mol. The Labute approximate surface area is 110 Å². The van der Waals surface area contributed by atoms with Gasteiger partial charge in [-0.15, -0.1) is 0 Å². The molecule has 4 saturated heterocycles. The van der Waals surface area contributed by atoms with Gasteiger partial charge in [-0.25, -0.2) is 4.84 Å². The second-order valence-electron chi connectivity index (χ2n) is 4.68. The zero-order valence-electron chi connectivity index (χ0n) is 9.86. The predicted octanol–water partition coefficient (Wildman–Crippen LogP) is 1.07. The van der Waals surface area contributed by atoms with Crippen LogP contribution in [0.4, 0.5) is 0 Å². The fourth-order valence-electron chi connectivity index (χ4n) is 3.07. The van der Waals surface area contributed by atoms with Gasteiger partial charge in [0.2, 0.25) is 0 Å². The van der Waals surface area contributed by atoms with E-state index in [9.17, 15) is 4.91 Å². The Morgan fingerprint density at radius 2 is 2.00 bits per heavy atom. The summed E-state index contributed by atoms with van der Waals surface area (Å²) in [6, 6.07) is 0. The monoisotopic (exact) mass is 340 g/mol. The maximum atomic E-state index is 11.4. The summed E-state index contributed by atoms with van der Waals surface area (Å²) in [4.78, 5) is 22.5. The van der Waals surface area contributed by atoms with Gasteiger partial charge in [-0.3, -0.25) is 0 Å². The van der Waals surface area contributed by atoms with Crippen molar-refractivity contribution in [2.45, 2.75) is 18.4 Å². The van der Waals surface area contributed by atoms with Crippen LogP contribution in [0.15, 0.2) is 0 Å². The molecule has 0 aromatic heterocycles. The molecule has 0 saturated carbocycles. The van der Waals surface area contributed by atoms with E-state index >= 15 is 0 Å². The van der Waals surface area contributed by atoms with Crippen LogP contribution in [0.2, 0.25) is 0 Å². The van der Waals surface area contributed by atoms with Crippen LogP contribution >= 0.6 is 22.6 Å². The molecule has 16 heavy (non-hydrogen) atoms. The zero-order chi connectivity index (χ0) is 11.8. The summed E-state index contributed by atoms with van der Waals surface area (Å²) >= 11 is 2.15. The molecule has 0 aromatic rings. The molecule has 92 valence electrons. The maximum absolute atomic E-state index is 11.4. The van der Waals surface area contributed by atoms with Crippen molar-refractivity contribution in [3.8, 4) is 0 Å². The van der Waals surface area contributed by atoms with Crippen molar-refractivity contribution in [1.29, 1.82) is 0 Å². The fourth-order valence-corrected chi connectivity index (χ4v) is 3.07. The van der Waals surface area contributed by atoms with Crippen LogP contribution in [-0.4, -0.2) is 58.7 Å². The Kier molecular flexibility index (Phi) is 3.70. The van der Waals surface area contributed by atoms with Gasteiger partial charge in [0.1, 0.15) is 4.87 Å². The van der Waals surface area contributed by atoms with E-state index < -0.39 is 0 Å². The normalized spacial score (nSPS) is 41.2. The molecule has 0 aliphatic carbocycles. The molecule has 4 fully saturated rings. The zero-order valence-corrected chi connectivity index (χ0v) is 12.0. The van der Waals surface area contributed by atoms with Gasteiger partial charge in [0.15, 0.2) is 5.60 Å². The molecule has 2 bridgehead atoms. The molecule has 1 spiro atoms. The highest BCUT2D eigenvalue weighted by atomic mass is 127. The van der Waals surface area contributed by atoms with Crippen LogP contribution in [-0.2, 0) is 4.84 Å². The Morgan fingerprint density at radius 1 is 1.38 bits per heavy atom. The third-order valence-corrected chi connectivity index (χ3v) is 3.85. The van der Waals surface area contributed by atoms with Crippen molar-refractivity contribution >= 4 is 22.6 Å². The van der Waals surface area contributed by atoms with Crippen molar-refractivity contribution in [2.24, 2.45) is 5.92 Å². The summed E-state index contributed by atoms with van der Waals surface area (Å²) in [5.41, 5.74) is -0.201. The molecule has 0 radical (unpaired) electrons. The maximum Gasteiger partial charge on any atom is 0.260 e. The number of hydrogen-bond donors (Lipinski definition) is 0. The molecule has 4 aliphatic rings. The van der Waals surface area contributed by atoms with Crippen molar-refractivity contribution in [2.75, 3.05) is 38.2 Å². The molecular weight excluding hydrogens is 321 g/mol. The van der Waals surface area contributed by atoms with Crippen molar-refractivity contribution in [3.63, 3.8) is 0 Å². The van der Waals surface area contributed by atoms with Gasteiger partial charge < -0.3 is 4.90 Å². The van der Waals surface area contributed by atoms with Gasteiger partial charge in [0.25, 0.3) is 6.54 Å². The van der Waals surface area contributed by atoms with E-state index in [-0.39, 0.29) is 5.60 Å². The molecule has 0 aromatic carbocycles. The summed E-state index contributed by atoms with van der Waals surface area (Å²) < 4.78 is 0. The minimum Gasteiger partial charge on any atom is -0.300 e. The molecule has 0 N–H and O–H groups in total. The van der Waals surface area contributed by atoms with E-state index in [1.165, 1.54) is 31.1 Å². The minimum absolute atomic E-state index is 0.201. The highest BCUT2D eigenvalue weighted by Crippen LogP contribution is 2.41. The summed E-state index contributed by atoms with van der Waals surface area (Å²) in [5, 5.41) is 1.35. The summed E-state index contributed by atoms with van der Waals surface area (Å²) in [6.45, 7) is 3.79. The lowest BCUT2D eigenvalue weighted by Gasteiger charge is -2.47. The lowest BCUT2D eigenvalue weighted by molar-refractivity contribution is -0.727. The van der Waals surface area contributed by atoms with Crippen LogP contribution in [0.25, 0.3) is 0 Å². The molecule has 5 nitrogen and oxygen atoms in total. The number of alkyl halides is 1. The minimum atomic E-state index is -0.201. The third kappa shape index (κ3) is 1.95. The van der Waals surface area contributed by atoms with E-state index in [4.69, 9.17) is 4.84 Å². The highest BCUT2D eigenvalue weighted by molar-refractivity contribution is 14.1. The number of fused-ring (bicyclic) bond motifs is 2. The quantitative estimate of drug-likeness (QED) is 0.376. The lowest BCUT2D eigenvalue weighted by Crippen LogP contribution is -2.60. The topological polar surface area (TPSA) is 35.8 Å². The number of hydroxylamine groups is 1. The van der Waals surface area contributed by atoms with E-state index in [0.29, 0.717) is 12.5 Å². The van der Waals surface area contributed by atoms with Gasteiger partial charge in [-0.1, -0.05) is 22.6 Å². The van der Waals surface area contributed by atoms with Crippen LogP contribution in [0.3, 0.4) is 0 Å². The van der Waals surface area contributed by atoms with Gasteiger partial charge in [0, 0.05) is 12.5 Å². The van der Waals surface area contributed by atoms with Crippen molar-refractivity contribution in [3.05, 3.63) is 4.91 Å².